The van der Waals surface area contributed by atoms with Crippen LogP contribution in [-0.2, 0) is 6.54 Å². The minimum Gasteiger partial charge on any atom is -0.453 e. The number of rotatable bonds is 5. The topological polar surface area (TPSA) is 45.4 Å². The summed E-state index contributed by atoms with van der Waals surface area (Å²) in [6.07, 6.45) is 4.64. The molecule has 0 aliphatic heterocycles. The SMILES string of the molecule is OCC[C@H]1CCC[C@H]1NCc1ccc(Br)o1. The molecule has 1 fully saturated rings. The Morgan fingerprint density at radius 3 is 3.00 bits per heavy atom. The monoisotopic (exact) mass is 287 g/mol. The van der Waals surface area contributed by atoms with E-state index in [1.807, 2.05) is 12.1 Å². The van der Waals surface area contributed by atoms with E-state index < -0.39 is 0 Å². The molecule has 90 valence electrons. The first-order chi connectivity index (χ1) is 7.79. The fourth-order valence-electron chi connectivity index (χ4n) is 2.50. The van der Waals surface area contributed by atoms with Crippen molar-refractivity contribution in [2.45, 2.75) is 38.3 Å². The van der Waals surface area contributed by atoms with Gasteiger partial charge in [-0.3, -0.25) is 0 Å². The number of aliphatic hydroxyl groups is 1. The summed E-state index contributed by atoms with van der Waals surface area (Å²) in [5.74, 6) is 1.59. The number of hydrogen-bond acceptors (Lipinski definition) is 3. The lowest BCUT2D eigenvalue weighted by Gasteiger charge is -2.19. The number of hydrogen-bond donors (Lipinski definition) is 2. The molecule has 1 aliphatic rings. The summed E-state index contributed by atoms with van der Waals surface area (Å²) in [4.78, 5) is 0. The van der Waals surface area contributed by atoms with Crippen LogP contribution in [0.5, 0.6) is 0 Å². The third-order valence-electron chi connectivity index (χ3n) is 3.33. The molecule has 1 aromatic rings. The van der Waals surface area contributed by atoms with E-state index in [-0.39, 0.29) is 0 Å². The molecule has 0 unspecified atom stereocenters. The van der Waals surface area contributed by atoms with Crippen molar-refractivity contribution < 1.29 is 9.52 Å². The summed E-state index contributed by atoms with van der Waals surface area (Å²) in [6, 6.07) is 4.43. The molecule has 1 saturated carbocycles. The summed E-state index contributed by atoms with van der Waals surface area (Å²) < 4.78 is 6.22. The van der Waals surface area contributed by atoms with E-state index >= 15 is 0 Å². The van der Waals surface area contributed by atoms with E-state index in [2.05, 4.69) is 21.2 Å². The molecular formula is C12H18BrNO2. The highest BCUT2D eigenvalue weighted by molar-refractivity contribution is 9.10. The fourth-order valence-corrected chi connectivity index (χ4v) is 2.84. The molecule has 2 atom stereocenters. The Bertz CT molecular complexity index is 327. The lowest BCUT2D eigenvalue weighted by atomic mass is 10.00. The van der Waals surface area contributed by atoms with Crippen LogP contribution in [-0.4, -0.2) is 17.8 Å². The third-order valence-corrected chi connectivity index (χ3v) is 3.75. The predicted molar refractivity (Wildman–Crippen MR) is 66.1 cm³/mol. The van der Waals surface area contributed by atoms with Crippen LogP contribution in [0.3, 0.4) is 0 Å². The predicted octanol–water partition coefficient (Wildman–Crippen LogP) is 2.68. The molecule has 1 aliphatic carbocycles. The standard InChI is InChI=1S/C12H18BrNO2/c13-12-5-4-10(16-12)8-14-11-3-1-2-9(11)6-7-15/h4-5,9,11,14-15H,1-3,6-8H2/t9-,11-/m1/s1. The molecule has 0 spiro atoms. The van der Waals surface area contributed by atoms with Crippen LogP contribution in [0.2, 0.25) is 0 Å². The van der Waals surface area contributed by atoms with Crippen molar-refractivity contribution >= 4 is 15.9 Å². The maximum absolute atomic E-state index is 8.98. The van der Waals surface area contributed by atoms with E-state index in [1.165, 1.54) is 19.3 Å². The molecule has 1 heterocycles. The number of halogens is 1. The summed E-state index contributed by atoms with van der Waals surface area (Å²) in [5.41, 5.74) is 0. The molecule has 2 rings (SSSR count). The van der Waals surface area contributed by atoms with Crippen LogP contribution in [0.15, 0.2) is 21.2 Å². The van der Waals surface area contributed by atoms with Gasteiger partial charge in [-0.15, -0.1) is 0 Å². The van der Waals surface area contributed by atoms with Gasteiger partial charge in [0.15, 0.2) is 4.67 Å². The molecule has 4 heteroatoms. The molecule has 16 heavy (non-hydrogen) atoms. The Balaban J connectivity index is 1.80. The van der Waals surface area contributed by atoms with Gasteiger partial charge in [-0.05, 0) is 53.2 Å². The van der Waals surface area contributed by atoms with Crippen LogP contribution in [0.4, 0.5) is 0 Å². The van der Waals surface area contributed by atoms with E-state index in [1.54, 1.807) is 0 Å². The van der Waals surface area contributed by atoms with Gasteiger partial charge in [-0.1, -0.05) is 6.42 Å². The largest absolute Gasteiger partial charge is 0.453 e. The normalized spacial score (nSPS) is 25.1. The van der Waals surface area contributed by atoms with Crippen molar-refractivity contribution in [3.05, 3.63) is 22.6 Å². The average Bonchev–Trinajstić information content (AvgIpc) is 2.85. The molecule has 0 bridgehead atoms. The highest BCUT2D eigenvalue weighted by Crippen LogP contribution is 2.28. The van der Waals surface area contributed by atoms with E-state index in [0.29, 0.717) is 18.6 Å². The van der Waals surface area contributed by atoms with Crippen molar-refractivity contribution in [3.63, 3.8) is 0 Å². The van der Waals surface area contributed by atoms with Crippen LogP contribution in [0.25, 0.3) is 0 Å². The summed E-state index contributed by atoms with van der Waals surface area (Å²) in [6.45, 7) is 1.08. The zero-order chi connectivity index (χ0) is 11.4. The summed E-state index contributed by atoms with van der Waals surface area (Å²) >= 11 is 3.29. The molecule has 0 saturated heterocycles. The van der Waals surface area contributed by atoms with Gasteiger partial charge in [0.1, 0.15) is 5.76 Å². The zero-order valence-corrected chi connectivity index (χ0v) is 10.9. The number of furan rings is 1. The van der Waals surface area contributed by atoms with Crippen LogP contribution < -0.4 is 5.32 Å². The molecule has 1 aromatic heterocycles. The maximum atomic E-state index is 8.98. The van der Waals surface area contributed by atoms with Crippen LogP contribution in [0.1, 0.15) is 31.4 Å². The zero-order valence-electron chi connectivity index (χ0n) is 9.29. The Kier molecular flexibility index (Phi) is 4.44. The van der Waals surface area contributed by atoms with E-state index in [9.17, 15) is 0 Å². The second-order valence-corrected chi connectivity index (χ2v) is 5.18. The molecule has 0 aromatic carbocycles. The quantitative estimate of drug-likeness (QED) is 0.875. The summed E-state index contributed by atoms with van der Waals surface area (Å²) in [7, 11) is 0. The molecular weight excluding hydrogens is 270 g/mol. The number of aliphatic hydroxyl groups excluding tert-OH is 1. The molecule has 0 amide bonds. The second kappa shape index (κ2) is 5.84. The highest BCUT2D eigenvalue weighted by atomic mass is 79.9. The van der Waals surface area contributed by atoms with E-state index in [4.69, 9.17) is 9.52 Å². The smallest absolute Gasteiger partial charge is 0.169 e. The lowest BCUT2D eigenvalue weighted by Crippen LogP contribution is -2.32. The van der Waals surface area contributed by atoms with Crippen molar-refractivity contribution in [2.24, 2.45) is 5.92 Å². The van der Waals surface area contributed by atoms with Gasteiger partial charge >= 0.3 is 0 Å². The highest BCUT2D eigenvalue weighted by Gasteiger charge is 2.26. The lowest BCUT2D eigenvalue weighted by molar-refractivity contribution is 0.240. The summed E-state index contributed by atoms with van der Waals surface area (Å²) in [5, 5.41) is 12.5. The van der Waals surface area contributed by atoms with Crippen molar-refractivity contribution in [1.82, 2.24) is 5.32 Å². The molecule has 0 radical (unpaired) electrons. The Morgan fingerprint density at radius 2 is 2.31 bits per heavy atom. The third kappa shape index (κ3) is 3.09. The van der Waals surface area contributed by atoms with Gasteiger partial charge in [0.05, 0.1) is 6.54 Å². The first-order valence-electron chi connectivity index (χ1n) is 5.88. The van der Waals surface area contributed by atoms with Crippen molar-refractivity contribution in [2.75, 3.05) is 6.61 Å². The first-order valence-corrected chi connectivity index (χ1v) is 6.67. The Morgan fingerprint density at radius 1 is 1.44 bits per heavy atom. The van der Waals surface area contributed by atoms with Gasteiger partial charge < -0.3 is 14.8 Å². The fraction of sp³-hybridized carbons (Fsp3) is 0.667. The van der Waals surface area contributed by atoms with Crippen LogP contribution >= 0.6 is 15.9 Å². The van der Waals surface area contributed by atoms with Gasteiger partial charge in [-0.2, -0.15) is 0 Å². The van der Waals surface area contributed by atoms with Gasteiger partial charge in [0, 0.05) is 12.6 Å². The minimum absolute atomic E-state index is 0.301. The molecule has 3 nitrogen and oxygen atoms in total. The van der Waals surface area contributed by atoms with Crippen molar-refractivity contribution in [1.29, 1.82) is 0 Å². The Hall–Kier alpha value is -0.320. The Labute approximate surface area is 104 Å². The average molecular weight is 288 g/mol. The minimum atomic E-state index is 0.301. The number of nitrogens with one attached hydrogen (secondary N) is 1. The van der Waals surface area contributed by atoms with Gasteiger partial charge in [0.25, 0.3) is 0 Å². The molecule has 2 N–H and O–H groups in total. The van der Waals surface area contributed by atoms with Crippen LogP contribution in [0, 0.1) is 5.92 Å². The van der Waals surface area contributed by atoms with Gasteiger partial charge in [0.2, 0.25) is 0 Å². The maximum Gasteiger partial charge on any atom is 0.169 e. The van der Waals surface area contributed by atoms with E-state index in [0.717, 1.165) is 23.4 Å². The van der Waals surface area contributed by atoms with Gasteiger partial charge in [-0.25, -0.2) is 0 Å². The second-order valence-electron chi connectivity index (χ2n) is 4.40. The van der Waals surface area contributed by atoms with Crippen molar-refractivity contribution in [3.8, 4) is 0 Å². The first kappa shape index (κ1) is 12.1.